The first-order chi connectivity index (χ1) is 12.2. The van der Waals surface area contributed by atoms with Gasteiger partial charge in [0.1, 0.15) is 5.75 Å². The number of hydrogen-bond acceptors (Lipinski definition) is 6. The summed E-state index contributed by atoms with van der Waals surface area (Å²) in [6.07, 6.45) is 3.96. The summed E-state index contributed by atoms with van der Waals surface area (Å²) in [4.78, 5) is 20.3. The summed E-state index contributed by atoms with van der Waals surface area (Å²) in [7, 11) is 0. The SMILES string of the molecule is CCOc1ccc(NC(=O)CCc2nc(-c3ccncc3)no2)cc1. The van der Waals surface area contributed by atoms with Crippen molar-refractivity contribution in [3.05, 3.63) is 54.7 Å². The van der Waals surface area contributed by atoms with Crippen molar-refractivity contribution in [1.82, 2.24) is 15.1 Å². The quantitative estimate of drug-likeness (QED) is 0.712. The molecule has 3 rings (SSSR count). The summed E-state index contributed by atoms with van der Waals surface area (Å²) in [6.45, 7) is 2.53. The number of aromatic nitrogens is 3. The minimum atomic E-state index is -0.118. The molecule has 128 valence electrons. The molecule has 25 heavy (non-hydrogen) atoms. The highest BCUT2D eigenvalue weighted by Gasteiger charge is 2.10. The summed E-state index contributed by atoms with van der Waals surface area (Å²) >= 11 is 0. The first kappa shape index (κ1) is 16.6. The fourth-order valence-electron chi connectivity index (χ4n) is 2.22. The molecule has 1 N–H and O–H groups in total. The van der Waals surface area contributed by atoms with Gasteiger partial charge in [-0.15, -0.1) is 0 Å². The number of aryl methyl sites for hydroxylation is 1. The molecule has 2 aromatic heterocycles. The third-order valence-electron chi connectivity index (χ3n) is 3.42. The molecular formula is C18H18N4O3. The lowest BCUT2D eigenvalue weighted by atomic mass is 10.2. The number of carbonyl (C=O) groups is 1. The van der Waals surface area contributed by atoms with E-state index in [-0.39, 0.29) is 12.3 Å². The summed E-state index contributed by atoms with van der Waals surface area (Å²) in [5.41, 5.74) is 1.54. The molecule has 0 bridgehead atoms. The molecule has 7 heteroatoms. The predicted molar refractivity (Wildman–Crippen MR) is 92.1 cm³/mol. The van der Waals surface area contributed by atoms with E-state index in [0.717, 1.165) is 17.0 Å². The topological polar surface area (TPSA) is 90.1 Å². The molecule has 7 nitrogen and oxygen atoms in total. The average Bonchev–Trinajstić information content (AvgIpc) is 3.12. The van der Waals surface area contributed by atoms with E-state index < -0.39 is 0 Å². The number of anilines is 1. The molecule has 1 amide bonds. The Morgan fingerprint density at radius 3 is 2.64 bits per heavy atom. The Morgan fingerprint density at radius 2 is 1.92 bits per heavy atom. The Balaban J connectivity index is 1.51. The second-order valence-corrected chi connectivity index (χ2v) is 5.25. The van der Waals surface area contributed by atoms with Gasteiger partial charge < -0.3 is 14.6 Å². The highest BCUT2D eigenvalue weighted by atomic mass is 16.5. The predicted octanol–water partition coefficient (Wildman–Crippen LogP) is 3.10. The summed E-state index contributed by atoms with van der Waals surface area (Å²) < 4.78 is 10.5. The summed E-state index contributed by atoms with van der Waals surface area (Å²) in [5.74, 6) is 1.57. The van der Waals surface area contributed by atoms with Crippen LogP contribution in [0, 0.1) is 0 Å². The van der Waals surface area contributed by atoms with Crippen molar-refractivity contribution in [2.24, 2.45) is 0 Å². The zero-order valence-electron chi connectivity index (χ0n) is 13.8. The number of nitrogens with zero attached hydrogens (tertiary/aromatic N) is 3. The number of rotatable bonds is 7. The van der Waals surface area contributed by atoms with Gasteiger partial charge in [0.15, 0.2) is 0 Å². The molecule has 0 aliphatic rings. The Kier molecular flexibility index (Phi) is 5.36. The normalized spacial score (nSPS) is 10.4. The maximum absolute atomic E-state index is 12.0. The van der Waals surface area contributed by atoms with Gasteiger partial charge in [0, 0.05) is 36.5 Å². The van der Waals surface area contributed by atoms with E-state index in [9.17, 15) is 4.79 Å². The van der Waals surface area contributed by atoms with Gasteiger partial charge in [-0.3, -0.25) is 9.78 Å². The second kappa shape index (κ2) is 8.05. The minimum absolute atomic E-state index is 0.118. The first-order valence-electron chi connectivity index (χ1n) is 8.00. The van der Waals surface area contributed by atoms with E-state index in [1.165, 1.54) is 0 Å². The monoisotopic (exact) mass is 338 g/mol. The van der Waals surface area contributed by atoms with Crippen molar-refractivity contribution >= 4 is 11.6 Å². The van der Waals surface area contributed by atoms with Crippen molar-refractivity contribution in [1.29, 1.82) is 0 Å². The lowest BCUT2D eigenvalue weighted by Gasteiger charge is -2.06. The van der Waals surface area contributed by atoms with Gasteiger partial charge in [0.05, 0.1) is 6.61 Å². The highest BCUT2D eigenvalue weighted by molar-refractivity contribution is 5.90. The molecule has 0 atom stereocenters. The van der Waals surface area contributed by atoms with Gasteiger partial charge in [0.25, 0.3) is 0 Å². The third kappa shape index (κ3) is 4.63. The average molecular weight is 338 g/mol. The van der Waals surface area contributed by atoms with Gasteiger partial charge in [-0.25, -0.2) is 0 Å². The Labute approximate surface area is 145 Å². The standard InChI is InChI=1S/C18H18N4O3/c1-2-24-15-5-3-14(4-6-15)20-16(23)7-8-17-21-18(22-25-17)13-9-11-19-12-10-13/h3-6,9-12H,2,7-8H2,1H3,(H,20,23). The van der Waals surface area contributed by atoms with Gasteiger partial charge in [0.2, 0.25) is 17.6 Å². The highest BCUT2D eigenvalue weighted by Crippen LogP contribution is 2.17. The summed E-state index contributed by atoms with van der Waals surface area (Å²) in [6, 6.07) is 10.8. The van der Waals surface area contributed by atoms with Crippen molar-refractivity contribution in [3.63, 3.8) is 0 Å². The van der Waals surface area contributed by atoms with Crippen molar-refractivity contribution < 1.29 is 14.1 Å². The maximum Gasteiger partial charge on any atom is 0.227 e. The molecule has 0 unspecified atom stereocenters. The van der Waals surface area contributed by atoms with Crippen LogP contribution in [0.25, 0.3) is 11.4 Å². The van der Waals surface area contributed by atoms with Crippen LogP contribution in [0.1, 0.15) is 19.2 Å². The summed E-state index contributed by atoms with van der Waals surface area (Å²) in [5, 5.41) is 6.74. The number of pyridine rings is 1. The molecule has 0 fully saturated rings. The Morgan fingerprint density at radius 1 is 1.16 bits per heavy atom. The van der Waals surface area contributed by atoms with Crippen LogP contribution in [-0.2, 0) is 11.2 Å². The molecule has 0 aliphatic carbocycles. The largest absolute Gasteiger partial charge is 0.494 e. The minimum Gasteiger partial charge on any atom is -0.494 e. The number of hydrogen-bond donors (Lipinski definition) is 1. The molecule has 0 saturated heterocycles. The first-order valence-corrected chi connectivity index (χ1v) is 8.00. The molecule has 0 radical (unpaired) electrons. The molecule has 0 saturated carbocycles. The fraction of sp³-hybridized carbons (Fsp3) is 0.222. The zero-order valence-corrected chi connectivity index (χ0v) is 13.8. The van der Waals surface area contributed by atoms with Crippen LogP contribution >= 0.6 is 0 Å². The van der Waals surface area contributed by atoms with Gasteiger partial charge >= 0.3 is 0 Å². The Hall–Kier alpha value is -3.22. The molecular weight excluding hydrogens is 320 g/mol. The van der Waals surface area contributed by atoms with Crippen LogP contribution in [0.3, 0.4) is 0 Å². The molecule has 0 aliphatic heterocycles. The van der Waals surface area contributed by atoms with E-state index in [1.807, 2.05) is 19.1 Å². The lowest BCUT2D eigenvalue weighted by Crippen LogP contribution is -2.12. The van der Waals surface area contributed by atoms with E-state index >= 15 is 0 Å². The van der Waals surface area contributed by atoms with Crippen LogP contribution in [0.5, 0.6) is 5.75 Å². The molecule has 2 heterocycles. The van der Waals surface area contributed by atoms with Crippen LogP contribution in [0.15, 0.2) is 53.3 Å². The number of nitrogens with one attached hydrogen (secondary N) is 1. The molecule has 0 spiro atoms. The number of amides is 1. The second-order valence-electron chi connectivity index (χ2n) is 5.25. The third-order valence-corrected chi connectivity index (χ3v) is 3.42. The van der Waals surface area contributed by atoms with Crippen molar-refractivity contribution in [3.8, 4) is 17.1 Å². The number of ether oxygens (including phenoxy) is 1. The Bertz CT molecular complexity index is 816. The van der Waals surface area contributed by atoms with Crippen molar-refractivity contribution in [2.75, 3.05) is 11.9 Å². The van der Waals surface area contributed by atoms with Crippen LogP contribution < -0.4 is 10.1 Å². The van der Waals surface area contributed by atoms with Crippen LogP contribution in [-0.4, -0.2) is 27.6 Å². The van der Waals surface area contributed by atoms with Gasteiger partial charge in [-0.05, 0) is 43.3 Å². The van der Waals surface area contributed by atoms with Crippen molar-refractivity contribution in [2.45, 2.75) is 19.8 Å². The maximum atomic E-state index is 12.0. The van der Waals surface area contributed by atoms with Crippen LogP contribution in [0.2, 0.25) is 0 Å². The molecule has 3 aromatic rings. The van der Waals surface area contributed by atoms with E-state index in [1.54, 1.807) is 36.7 Å². The zero-order chi connectivity index (χ0) is 17.5. The van der Waals surface area contributed by atoms with Gasteiger partial charge in [-0.1, -0.05) is 5.16 Å². The van der Waals surface area contributed by atoms with E-state index in [4.69, 9.17) is 9.26 Å². The van der Waals surface area contributed by atoms with E-state index in [2.05, 4.69) is 20.4 Å². The molecule has 1 aromatic carbocycles. The van der Waals surface area contributed by atoms with Crippen LogP contribution in [0.4, 0.5) is 5.69 Å². The fourth-order valence-corrected chi connectivity index (χ4v) is 2.22. The smallest absolute Gasteiger partial charge is 0.227 e. The number of benzene rings is 1. The van der Waals surface area contributed by atoms with Gasteiger partial charge in [-0.2, -0.15) is 4.98 Å². The number of carbonyl (C=O) groups excluding carboxylic acids is 1. The van der Waals surface area contributed by atoms with E-state index in [0.29, 0.717) is 24.7 Å². The lowest BCUT2D eigenvalue weighted by molar-refractivity contribution is -0.116.